The molecule has 32 heavy (non-hydrogen) atoms. The van der Waals surface area contributed by atoms with Gasteiger partial charge in [-0.1, -0.05) is 23.2 Å². The summed E-state index contributed by atoms with van der Waals surface area (Å²) in [5.74, 6) is -1.10. The second-order valence-electron chi connectivity index (χ2n) is 6.11. The molecule has 0 aromatic heterocycles. The normalized spacial score (nSPS) is 17.6. The Bertz CT molecular complexity index is 1590. The lowest BCUT2D eigenvalue weighted by Crippen LogP contribution is -2.26. The number of hydrogen-bond acceptors (Lipinski definition) is 8. The average Bonchev–Trinajstić information content (AvgIpc) is 3.18. The fourth-order valence-electron chi connectivity index (χ4n) is 2.97. The molecule has 16 heteroatoms. The zero-order valence-corrected chi connectivity index (χ0v) is 21.2. The van der Waals surface area contributed by atoms with E-state index in [0.717, 1.165) is 0 Å². The van der Waals surface area contributed by atoms with Gasteiger partial charge >= 0.3 is 20.8 Å². The van der Waals surface area contributed by atoms with Crippen LogP contribution in [-0.4, -0.2) is 25.9 Å². The van der Waals surface area contributed by atoms with Gasteiger partial charge < -0.3 is 8.37 Å². The van der Waals surface area contributed by atoms with E-state index in [4.69, 9.17) is 31.6 Å². The van der Waals surface area contributed by atoms with Crippen LogP contribution in [0.5, 0.6) is 0 Å². The molecule has 4 rings (SSSR count). The third-order valence-electron chi connectivity index (χ3n) is 4.10. The first-order valence-electron chi connectivity index (χ1n) is 8.00. The summed E-state index contributed by atoms with van der Waals surface area (Å²) in [6.45, 7) is 0. The first-order chi connectivity index (χ1) is 14.8. The largest absolute Gasteiger partial charge is 0.446 e. The highest BCUT2D eigenvalue weighted by Gasteiger charge is 2.32. The molecular formula is C16H6Br2Cl2N2O8S2. The van der Waals surface area contributed by atoms with Crippen molar-refractivity contribution in [3.8, 4) is 0 Å². The molecule has 2 aromatic rings. The molecule has 0 bridgehead atoms. The van der Waals surface area contributed by atoms with Gasteiger partial charge in [-0.05, 0) is 56.1 Å². The van der Waals surface area contributed by atoms with E-state index < -0.39 is 32.3 Å². The minimum absolute atomic E-state index is 0.00552. The highest BCUT2D eigenvalue weighted by Crippen LogP contribution is 2.32. The molecule has 2 aliphatic heterocycles. The summed E-state index contributed by atoms with van der Waals surface area (Å²) in [5.41, 5.74) is -0.695. The first-order valence-corrected chi connectivity index (χ1v) is 13.1. The molecule has 0 spiro atoms. The van der Waals surface area contributed by atoms with Gasteiger partial charge in [0.05, 0.1) is 31.2 Å². The van der Waals surface area contributed by atoms with Gasteiger partial charge in [0.25, 0.3) is 0 Å². The van der Waals surface area contributed by atoms with Crippen molar-refractivity contribution in [3.05, 3.63) is 75.8 Å². The van der Waals surface area contributed by atoms with Crippen molar-refractivity contribution < 1.29 is 34.3 Å². The maximum absolute atomic E-state index is 11.5. The minimum atomic E-state index is -5.08. The second kappa shape index (κ2) is 8.06. The molecule has 0 radical (unpaired) electrons. The first kappa shape index (κ1) is 23.6. The SMILES string of the molecule is O=S(=O)(O)OC1=c2c(Cl)c(Br)ccc2=NC1=C1N=c2ccc(Br)c(Cl)c2=C1OS(=O)(=O)O. The molecule has 0 aliphatic carbocycles. The summed E-state index contributed by atoms with van der Waals surface area (Å²) in [6.07, 6.45) is 0. The Morgan fingerprint density at radius 3 is 1.38 bits per heavy atom. The molecule has 0 amide bonds. The van der Waals surface area contributed by atoms with E-state index in [-0.39, 0.29) is 42.6 Å². The van der Waals surface area contributed by atoms with Crippen molar-refractivity contribution in [1.29, 1.82) is 0 Å². The van der Waals surface area contributed by atoms with Crippen LogP contribution in [0.4, 0.5) is 0 Å². The summed E-state index contributed by atoms with van der Waals surface area (Å²) >= 11 is 18.9. The summed E-state index contributed by atoms with van der Waals surface area (Å²) < 4.78 is 74.9. The molecular weight excluding hydrogens is 643 g/mol. The Labute approximate surface area is 206 Å². The van der Waals surface area contributed by atoms with Crippen LogP contribution in [0.2, 0.25) is 10.0 Å². The van der Waals surface area contributed by atoms with E-state index in [9.17, 15) is 25.9 Å². The lowest BCUT2D eigenvalue weighted by Gasteiger charge is -2.09. The molecule has 0 unspecified atom stereocenters. The lowest BCUT2D eigenvalue weighted by molar-refractivity contribution is 0.363. The predicted molar refractivity (Wildman–Crippen MR) is 119 cm³/mol. The number of benzene rings is 2. The minimum Gasteiger partial charge on any atom is -0.359 e. The van der Waals surface area contributed by atoms with Crippen LogP contribution < -0.4 is 21.2 Å². The summed E-state index contributed by atoms with van der Waals surface area (Å²) in [6, 6.07) is 5.97. The van der Waals surface area contributed by atoms with Crippen molar-refractivity contribution in [2.45, 2.75) is 0 Å². The highest BCUT2D eigenvalue weighted by atomic mass is 79.9. The van der Waals surface area contributed by atoms with Crippen LogP contribution in [-0.2, 0) is 29.2 Å². The second-order valence-corrected chi connectivity index (χ2v) is 10.6. The van der Waals surface area contributed by atoms with Crippen LogP contribution in [0.25, 0.3) is 11.5 Å². The Kier molecular flexibility index (Phi) is 5.95. The molecule has 0 saturated carbocycles. The molecule has 10 nitrogen and oxygen atoms in total. The Balaban J connectivity index is 2.18. The molecule has 0 fully saturated rings. The third-order valence-corrected chi connectivity index (χ3v) is 7.41. The Hall–Kier alpha value is -1.52. The van der Waals surface area contributed by atoms with Crippen LogP contribution in [0.3, 0.4) is 0 Å². The molecule has 2 aliphatic rings. The van der Waals surface area contributed by atoms with Gasteiger partial charge in [-0.2, -0.15) is 16.8 Å². The van der Waals surface area contributed by atoms with Gasteiger partial charge in [-0.25, -0.2) is 9.98 Å². The molecule has 2 aromatic carbocycles. The van der Waals surface area contributed by atoms with Crippen LogP contribution in [0.1, 0.15) is 0 Å². The van der Waals surface area contributed by atoms with Crippen LogP contribution in [0, 0.1) is 0 Å². The van der Waals surface area contributed by atoms with Crippen molar-refractivity contribution in [3.63, 3.8) is 0 Å². The zero-order valence-electron chi connectivity index (χ0n) is 14.9. The van der Waals surface area contributed by atoms with E-state index in [1.807, 2.05) is 0 Å². The summed E-state index contributed by atoms with van der Waals surface area (Å²) in [4.78, 5) is 8.45. The monoisotopic (exact) mass is 646 g/mol. The molecule has 168 valence electrons. The fraction of sp³-hybridized carbons (Fsp3) is 0. The van der Waals surface area contributed by atoms with E-state index >= 15 is 0 Å². The van der Waals surface area contributed by atoms with Gasteiger partial charge in [0.2, 0.25) is 0 Å². The zero-order chi connectivity index (χ0) is 23.6. The van der Waals surface area contributed by atoms with Crippen molar-refractivity contribution in [2.24, 2.45) is 9.98 Å². The average molecular weight is 649 g/mol. The van der Waals surface area contributed by atoms with Gasteiger partial charge in [0, 0.05) is 8.95 Å². The van der Waals surface area contributed by atoms with E-state index in [0.29, 0.717) is 8.95 Å². The van der Waals surface area contributed by atoms with Crippen molar-refractivity contribution in [2.75, 3.05) is 0 Å². The van der Waals surface area contributed by atoms with Crippen molar-refractivity contribution >= 4 is 87.4 Å². The van der Waals surface area contributed by atoms with Crippen molar-refractivity contribution in [1.82, 2.24) is 0 Å². The van der Waals surface area contributed by atoms with Gasteiger partial charge in [-0.3, -0.25) is 9.11 Å². The maximum atomic E-state index is 11.5. The van der Waals surface area contributed by atoms with E-state index in [2.05, 4.69) is 41.8 Å². The number of fused-ring (bicyclic) bond motifs is 2. The molecule has 0 saturated heterocycles. The van der Waals surface area contributed by atoms with Gasteiger partial charge in [0.15, 0.2) is 11.5 Å². The van der Waals surface area contributed by atoms with Gasteiger partial charge in [-0.15, -0.1) is 0 Å². The van der Waals surface area contributed by atoms with Crippen LogP contribution in [0.15, 0.2) is 54.6 Å². The maximum Gasteiger partial charge on any atom is 0.446 e. The summed E-state index contributed by atoms with van der Waals surface area (Å²) in [7, 11) is -10.2. The number of rotatable bonds is 4. The Morgan fingerprint density at radius 2 is 1.06 bits per heavy atom. The van der Waals surface area contributed by atoms with Gasteiger partial charge in [0.1, 0.15) is 11.4 Å². The highest BCUT2D eigenvalue weighted by molar-refractivity contribution is 9.10. The van der Waals surface area contributed by atoms with E-state index in [1.165, 1.54) is 24.3 Å². The molecule has 2 N–H and O–H groups in total. The quantitative estimate of drug-likeness (QED) is 0.474. The fourth-order valence-corrected chi connectivity index (χ4v) is 4.87. The third kappa shape index (κ3) is 4.33. The topological polar surface area (TPSA) is 152 Å². The van der Waals surface area contributed by atoms with Crippen LogP contribution >= 0.6 is 55.1 Å². The number of hydrogen-bond donors (Lipinski definition) is 2. The molecule has 0 atom stereocenters. The molecule has 2 heterocycles. The number of halogens is 4. The predicted octanol–water partition coefficient (Wildman–Crippen LogP) is 1.55. The Morgan fingerprint density at radius 1 is 0.719 bits per heavy atom. The lowest BCUT2D eigenvalue weighted by atomic mass is 10.2. The number of nitrogens with zero attached hydrogens (tertiary/aromatic N) is 2. The smallest absolute Gasteiger partial charge is 0.359 e. The van der Waals surface area contributed by atoms with E-state index in [1.54, 1.807) is 0 Å². The standard InChI is InChI=1S/C16H6Br2Cl2N2O8S2/c17-5-1-3-7-9(11(5)19)15(29-31(23,24)25)13(21-7)14-16(30-32(26,27)28)10-8(22-14)4-2-6(18)12(10)20/h1-4H,(H,23,24,25)(H,26,27,28). The summed E-state index contributed by atoms with van der Waals surface area (Å²) in [5, 5.41) is 0.202.